The van der Waals surface area contributed by atoms with Crippen LogP contribution in [0.5, 0.6) is 11.5 Å². The van der Waals surface area contributed by atoms with E-state index in [9.17, 15) is 18.4 Å². The molecular formula is C17H16F2N2O4S. The number of ether oxygens (including phenoxy) is 2. The summed E-state index contributed by atoms with van der Waals surface area (Å²) in [5, 5.41) is 4.64. The highest BCUT2D eigenvalue weighted by Gasteiger charge is 2.37. The SMILES string of the molecule is CC(=O)c1csc(NC(=O)[C@H]2C[C@H](Oc3ccccc3OC(F)F)C2)n1. The number of thiazole rings is 1. The lowest BCUT2D eigenvalue weighted by Crippen LogP contribution is -2.40. The summed E-state index contributed by atoms with van der Waals surface area (Å²) in [6.45, 7) is -1.53. The highest BCUT2D eigenvalue weighted by molar-refractivity contribution is 7.14. The summed E-state index contributed by atoms with van der Waals surface area (Å²) in [7, 11) is 0. The second kappa shape index (κ2) is 7.77. The summed E-state index contributed by atoms with van der Waals surface area (Å²) < 4.78 is 34.9. The van der Waals surface area contributed by atoms with Gasteiger partial charge in [-0.1, -0.05) is 12.1 Å². The van der Waals surface area contributed by atoms with E-state index in [0.29, 0.717) is 23.7 Å². The van der Waals surface area contributed by atoms with Crippen molar-refractivity contribution in [1.29, 1.82) is 0 Å². The third-order valence-corrected chi connectivity index (χ3v) is 4.68. The highest BCUT2D eigenvalue weighted by Crippen LogP contribution is 2.36. The average Bonchev–Trinajstić information content (AvgIpc) is 3.00. The topological polar surface area (TPSA) is 77.5 Å². The normalized spacial score (nSPS) is 18.9. The number of nitrogens with zero attached hydrogens (tertiary/aromatic N) is 1. The van der Waals surface area contributed by atoms with Gasteiger partial charge in [0, 0.05) is 18.2 Å². The number of carbonyl (C=O) groups excluding carboxylic acids is 2. The number of anilines is 1. The van der Waals surface area contributed by atoms with Crippen molar-refractivity contribution in [3.8, 4) is 11.5 Å². The molecule has 1 amide bonds. The van der Waals surface area contributed by atoms with Gasteiger partial charge in [0.2, 0.25) is 5.91 Å². The minimum Gasteiger partial charge on any atom is -0.486 e. The van der Waals surface area contributed by atoms with Gasteiger partial charge < -0.3 is 14.8 Å². The summed E-state index contributed by atoms with van der Waals surface area (Å²) in [6.07, 6.45) is 0.664. The van der Waals surface area contributed by atoms with Crippen molar-refractivity contribution in [3.05, 3.63) is 35.3 Å². The molecule has 138 valence electrons. The molecule has 0 bridgehead atoms. The van der Waals surface area contributed by atoms with E-state index in [1.165, 1.54) is 24.3 Å². The molecule has 1 fully saturated rings. The number of nitrogens with one attached hydrogen (secondary N) is 1. The molecule has 0 unspecified atom stereocenters. The van der Waals surface area contributed by atoms with Crippen molar-refractivity contribution in [2.45, 2.75) is 32.5 Å². The summed E-state index contributed by atoms with van der Waals surface area (Å²) in [5.74, 6) is -0.430. The number of amides is 1. The lowest BCUT2D eigenvalue weighted by atomic mass is 9.81. The lowest BCUT2D eigenvalue weighted by molar-refractivity contribution is -0.125. The van der Waals surface area contributed by atoms with Crippen LogP contribution in [0.25, 0.3) is 0 Å². The zero-order valence-corrected chi connectivity index (χ0v) is 14.6. The van der Waals surface area contributed by atoms with Gasteiger partial charge in [0.15, 0.2) is 22.4 Å². The molecular weight excluding hydrogens is 366 g/mol. The number of hydrogen-bond acceptors (Lipinski definition) is 6. The molecule has 26 heavy (non-hydrogen) atoms. The Kier molecular flexibility index (Phi) is 5.46. The Morgan fingerprint density at radius 2 is 1.96 bits per heavy atom. The Morgan fingerprint density at radius 1 is 1.27 bits per heavy atom. The molecule has 1 N–H and O–H groups in total. The van der Waals surface area contributed by atoms with E-state index in [0.717, 1.165) is 0 Å². The monoisotopic (exact) mass is 382 g/mol. The van der Waals surface area contributed by atoms with Crippen molar-refractivity contribution in [2.75, 3.05) is 5.32 Å². The van der Waals surface area contributed by atoms with Crippen molar-refractivity contribution in [3.63, 3.8) is 0 Å². The van der Waals surface area contributed by atoms with Gasteiger partial charge in [-0.25, -0.2) is 4.98 Å². The van der Waals surface area contributed by atoms with Gasteiger partial charge in [-0.05, 0) is 25.0 Å². The van der Waals surface area contributed by atoms with E-state index < -0.39 is 6.61 Å². The van der Waals surface area contributed by atoms with E-state index in [4.69, 9.17) is 4.74 Å². The summed E-state index contributed by atoms with van der Waals surface area (Å²) >= 11 is 1.19. The van der Waals surface area contributed by atoms with E-state index >= 15 is 0 Å². The molecule has 1 aromatic heterocycles. The Bertz CT molecular complexity index is 806. The molecule has 1 aliphatic rings. The largest absolute Gasteiger partial charge is 0.486 e. The van der Waals surface area contributed by atoms with Crippen LogP contribution in [-0.4, -0.2) is 29.4 Å². The molecule has 1 aromatic carbocycles. The van der Waals surface area contributed by atoms with Crippen molar-refractivity contribution < 1.29 is 27.8 Å². The quantitative estimate of drug-likeness (QED) is 0.738. The van der Waals surface area contributed by atoms with Crippen molar-refractivity contribution >= 4 is 28.2 Å². The van der Waals surface area contributed by atoms with Gasteiger partial charge in [-0.15, -0.1) is 11.3 Å². The summed E-state index contributed by atoms with van der Waals surface area (Å²) in [5.41, 5.74) is 0.316. The minimum absolute atomic E-state index is 0.0325. The van der Waals surface area contributed by atoms with Crippen LogP contribution in [0, 0.1) is 5.92 Å². The molecule has 6 nitrogen and oxygen atoms in total. The molecule has 1 saturated carbocycles. The standard InChI is InChI=1S/C17H16F2N2O4S/c1-9(22)12-8-26-17(20-12)21-15(23)10-6-11(7-10)24-13-4-2-3-5-14(13)25-16(18)19/h2-5,8,10-11,16H,6-7H2,1H3,(H,20,21,23)/t10-,11-. The number of para-hydroxylation sites is 2. The Morgan fingerprint density at radius 3 is 2.58 bits per heavy atom. The number of Topliss-reactive ketones (excluding diaryl/α,β-unsaturated/α-hetero) is 1. The number of aromatic nitrogens is 1. The Hall–Kier alpha value is -2.55. The van der Waals surface area contributed by atoms with Gasteiger partial charge in [0.05, 0.1) is 0 Å². The number of rotatable bonds is 7. The molecule has 9 heteroatoms. The van der Waals surface area contributed by atoms with Crippen molar-refractivity contribution in [2.24, 2.45) is 5.92 Å². The molecule has 0 aliphatic heterocycles. The number of alkyl halides is 2. The number of hydrogen-bond donors (Lipinski definition) is 1. The number of benzene rings is 1. The van der Waals surface area contributed by atoms with Crippen LogP contribution in [0.4, 0.5) is 13.9 Å². The molecule has 0 atom stereocenters. The van der Waals surface area contributed by atoms with Crippen LogP contribution in [0.2, 0.25) is 0 Å². The van der Waals surface area contributed by atoms with Gasteiger partial charge in [0.1, 0.15) is 11.8 Å². The molecule has 2 aromatic rings. The zero-order valence-electron chi connectivity index (χ0n) is 13.8. The maximum absolute atomic E-state index is 12.4. The van der Waals surface area contributed by atoms with Crippen LogP contribution < -0.4 is 14.8 Å². The number of ketones is 1. The molecule has 0 spiro atoms. The first-order valence-corrected chi connectivity index (χ1v) is 8.78. The predicted octanol–water partition coefficient (Wildman–Crippen LogP) is 3.74. The summed E-state index contributed by atoms with van der Waals surface area (Å²) in [4.78, 5) is 27.4. The van der Waals surface area contributed by atoms with Gasteiger partial charge in [0.25, 0.3) is 0 Å². The summed E-state index contributed by atoms with van der Waals surface area (Å²) in [6, 6.07) is 6.18. The molecule has 1 aliphatic carbocycles. The van der Waals surface area contributed by atoms with E-state index in [1.54, 1.807) is 23.6 Å². The maximum atomic E-state index is 12.4. The Balaban J connectivity index is 1.51. The predicted molar refractivity (Wildman–Crippen MR) is 91.0 cm³/mol. The lowest BCUT2D eigenvalue weighted by Gasteiger charge is -2.34. The van der Waals surface area contributed by atoms with E-state index in [-0.39, 0.29) is 35.2 Å². The first-order chi connectivity index (χ1) is 12.4. The van der Waals surface area contributed by atoms with Gasteiger partial charge in [-0.2, -0.15) is 8.78 Å². The van der Waals surface area contributed by atoms with Gasteiger partial charge in [-0.3, -0.25) is 9.59 Å². The first kappa shape index (κ1) is 18.2. The molecule has 0 radical (unpaired) electrons. The van der Waals surface area contributed by atoms with E-state index in [2.05, 4.69) is 15.0 Å². The van der Waals surface area contributed by atoms with Gasteiger partial charge >= 0.3 is 6.61 Å². The fourth-order valence-corrected chi connectivity index (χ4v) is 3.25. The van der Waals surface area contributed by atoms with Crippen LogP contribution >= 0.6 is 11.3 Å². The van der Waals surface area contributed by atoms with Crippen LogP contribution in [0.1, 0.15) is 30.3 Å². The van der Waals surface area contributed by atoms with Crippen LogP contribution in [0.3, 0.4) is 0 Å². The third-order valence-electron chi connectivity index (χ3n) is 3.92. The zero-order chi connectivity index (χ0) is 18.7. The van der Waals surface area contributed by atoms with Crippen LogP contribution in [-0.2, 0) is 4.79 Å². The van der Waals surface area contributed by atoms with E-state index in [1.807, 2.05) is 0 Å². The average molecular weight is 382 g/mol. The molecule has 3 rings (SSSR count). The second-order valence-corrected chi connectivity index (χ2v) is 6.67. The fourth-order valence-electron chi connectivity index (χ4n) is 2.50. The third kappa shape index (κ3) is 4.34. The first-order valence-electron chi connectivity index (χ1n) is 7.90. The van der Waals surface area contributed by atoms with Crippen LogP contribution in [0.15, 0.2) is 29.6 Å². The maximum Gasteiger partial charge on any atom is 0.387 e. The minimum atomic E-state index is -2.93. The fraction of sp³-hybridized carbons (Fsp3) is 0.353. The second-order valence-electron chi connectivity index (χ2n) is 5.82. The smallest absolute Gasteiger partial charge is 0.387 e. The highest BCUT2D eigenvalue weighted by atomic mass is 32.1. The molecule has 0 saturated heterocycles. The molecule has 1 heterocycles. The number of carbonyl (C=O) groups is 2. The van der Waals surface area contributed by atoms with Crippen molar-refractivity contribution in [1.82, 2.24) is 4.98 Å². The number of halogens is 2. The Labute approximate surface area is 152 Å².